The molecule has 0 aromatic heterocycles. The van der Waals surface area contributed by atoms with Gasteiger partial charge < -0.3 is 0 Å². The summed E-state index contributed by atoms with van der Waals surface area (Å²) in [5, 5.41) is 0.383. The van der Waals surface area contributed by atoms with Crippen molar-refractivity contribution in [1.29, 1.82) is 0 Å². The van der Waals surface area contributed by atoms with Crippen molar-refractivity contribution in [3.8, 4) is 0 Å². The summed E-state index contributed by atoms with van der Waals surface area (Å²) in [6.45, 7) is 6.32. The van der Waals surface area contributed by atoms with E-state index < -0.39 is 0 Å². The lowest BCUT2D eigenvalue weighted by Gasteiger charge is -1.97. The van der Waals surface area contributed by atoms with Gasteiger partial charge in [0.05, 0.1) is 0 Å². The molecule has 0 aliphatic rings. The lowest BCUT2D eigenvalue weighted by Crippen LogP contribution is -1.84. The number of thioether (sulfide) groups is 1. The number of thiol groups is 1. The SMILES string of the molecule is CC=C(C)CSCC=CC(C)S. The highest BCUT2D eigenvalue weighted by molar-refractivity contribution is 7.99. The molecule has 2 heteroatoms. The number of hydrogen-bond acceptors (Lipinski definition) is 2. The average Bonchev–Trinajstić information content (AvgIpc) is 2.03. The fourth-order valence-corrected chi connectivity index (χ4v) is 1.60. The van der Waals surface area contributed by atoms with Crippen molar-refractivity contribution in [2.75, 3.05) is 11.5 Å². The first-order chi connectivity index (χ1) is 5.66. The van der Waals surface area contributed by atoms with E-state index in [4.69, 9.17) is 0 Å². The van der Waals surface area contributed by atoms with Gasteiger partial charge >= 0.3 is 0 Å². The molecule has 0 bridgehead atoms. The topological polar surface area (TPSA) is 0 Å². The van der Waals surface area contributed by atoms with Gasteiger partial charge in [0, 0.05) is 16.8 Å². The maximum atomic E-state index is 4.25. The standard InChI is InChI=1S/C10H18S2/c1-4-9(2)8-12-7-5-6-10(3)11/h4-6,10-11H,7-8H2,1-3H3. The summed E-state index contributed by atoms with van der Waals surface area (Å²) < 4.78 is 0. The molecular weight excluding hydrogens is 184 g/mol. The molecule has 0 radical (unpaired) electrons. The van der Waals surface area contributed by atoms with Gasteiger partial charge in [-0.15, -0.1) is 0 Å². The van der Waals surface area contributed by atoms with Crippen LogP contribution < -0.4 is 0 Å². The van der Waals surface area contributed by atoms with E-state index >= 15 is 0 Å². The van der Waals surface area contributed by atoms with Gasteiger partial charge in [0.25, 0.3) is 0 Å². The minimum absolute atomic E-state index is 0.383. The molecule has 0 nitrogen and oxygen atoms in total. The van der Waals surface area contributed by atoms with Crippen LogP contribution in [0.4, 0.5) is 0 Å². The van der Waals surface area contributed by atoms with E-state index in [-0.39, 0.29) is 0 Å². The number of allylic oxidation sites excluding steroid dienone is 1. The summed E-state index contributed by atoms with van der Waals surface area (Å²) in [6.07, 6.45) is 6.48. The van der Waals surface area contributed by atoms with Gasteiger partial charge in [0.2, 0.25) is 0 Å². The van der Waals surface area contributed by atoms with Crippen LogP contribution in [-0.2, 0) is 0 Å². The first-order valence-corrected chi connectivity index (χ1v) is 5.88. The molecule has 70 valence electrons. The van der Waals surface area contributed by atoms with Crippen molar-refractivity contribution >= 4 is 24.4 Å². The summed E-state index contributed by atoms with van der Waals surface area (Å²) in [7, 11) is 0. The molecule has 0 N–H and O–H groups in total. The molecule has 0 rings (SSSR count). The Morgan fingerprint density at radius 2 is 2.25 bits per heavy atom. The van der Waals surface area contributed by atoms with Gasteiger partial charge in [0.15, 0.2) is 0 Å². The number of rotatable bonds is 5. The third-order valence-corrected chi connectivity index (χ3v) is 2.71. The molecule has 0 aliphatic heterocycles. The highest BCUT2D eigenvalue weighted by Crippen LogP contribution is 2.07. The Morgan fingerprint density at radius 1 is 1.58 bits per heavy atom. The molecule has 0 spiro atoms. The van der Waals surface area contributed by atoms with Crippen LogP contribution in [0.2, 0.25) is 0 Å². The van der Waals surface area contributed by atoms with Crippen LogP contribution in [0.3, 0.4) is 0 Å². The van der Waals surface area contributed by atoms with Crippen LogP contribution >= 0.6 is 24.4 Å². The Kier molecular flexibility index (Phi) is 7.93. The van der Waals surface area contributed by atoms with E-state index in [0.717, 1.165) is 11.5 Å². The van der Waals surface area contributed by atoms with Crippen molar-refractivity contribution in [2.45, 2.75) is 26.0 Å². The molecule has 1 unspecified atom stereocenters. The van der Waals surface area contributed by atoms with E-state index in [2.05, 4.69) is 51.6 Å². The Balaban J connectivity index is 3.33. The zero-order valence-electron chi connectivity index (χ0n) is 8.08. The molecule has 1 atom stereocenters. The molecule has 0 saturated carbocycles. The first-order valence-electron chi connectivity index (χ1n) is 4.21. The summed E-state index contributed by atoms with van der Waals surface area (Å²) in [5.41, 5.74) is 1.45. The normalized spacial score (nSPS) is 15.5. The third-order valence-electron chi connectivity index (χ3n) is 1.45. The Labute approximate surface area is 85.9 Å². The Hall–Kier alpha value is 0.180. The smallest absolute Gasteiger partial charge is 0.0168 e. The van der Waals surface area contributed by atoms with Crippen LogP contribution in [-0.4, -0.2) is 16.8 Å². The minimum atomic E-state index is 0.383. The van der Waals surface area contributed by atoms with E-state index in [9.17, 15) is 0 Å². The van der Waals surface area contributed by atoms with Crippen molar-refractivity contribution in [2.24, 2.45) is 0 Å². The fraction of sp³-hybridized carbons (Fsp3) is 0.600. The van der Waals surface area contributed by atoms with Crippen molar-refractivity contribution in [1.82, 2.24) is 0 Å². The summed E-state index contributed by atoms with van der Waals surface area (Å²) in [4.78, 5) is 0. The average molecular weight is 202 g/mol. The Morgan fingerprint density at radius 3 is 2.75 bits per heavy atom. The second kappa shape index (κ2) is 7.81. The first kappa shape index (κ1) is 12.2. The predicted molar refractivity (Wildman–Crippen MR) is 64.3 cm³/mol. The maximum absolute atomic E-state index is 4.25. The summed E-state index contributed by atoms with van der Waals surface area (Å²) in [6, 6.07) is 0. The fourth-order valence-electron chi connectivity index (χ4n) is 0.624. The minimum Gasteiger partial charge on any atom is -0.172 e. The molecule has 12 heavy (non-hydrogen) atoms. The molecular formula is C10H18S2. The van der Waals surface area contributed by atoms with E-state index in [1.807, 2.05) is 11.8 Å². The van der Waals surface area contributed by atoms with Crippen LogP contribution in [0.25, 0.3) is 0 Å². The largest absolute Gasteiger partial charge is 0.172 e. The van der Waals surface area contributed by atoms with Gasteiger partial charge in [-0.3, -0.25) is 0 Å². The van der Waals surface area contributed by atoms with Gasteiger partial charge in [-0.2, -0.15) is 24.4 Å². The predicted octanol–water partition coefficient (Wildman–Crippen LogP) is 3.56. The van der Waals surface area contributed by atoms with Crippen molar-refractivity contribution in [3.63, 3.8) is 0 Å². The van der Waals surface area contributed by atoms with E-state index in [1.165, 1.54) is 5.57 Å². The molecule has 0 amide bonds. The van der Waals surface area contributed by atoms with E-state index in [0.29, 0.717) is 5.25 Å². The molecule has 0 heterocycles. The quantitative estimate of drug-likeness (QED) is 0.404. The molecule has 0 saturated heterocycles. The van der Waals surface area contributed by atoms with Crippen LogP contribution in [0.1, 0.15) is 20.8 Å². The lowest BCUT2D eigenvalue weighted by atomic mass is 10.3. The van der Waals surface area contributed by atoms with Gasteiger partial charge in [-0.25, -0.2) is 0 Å². The molecule has 0 aromatic carbocycles. The zero-order chi connectivity index (χ0) is 9.40. The van der Waals surface area contributed by atoms with Crippen molar-refractivity contribution in [3.05, 3.63) is 23.8 Å². The van der Waals surface area contributed by atoms with Crippen LogP contribution in [0.15, 0.2) is 23.8 Å². The third kappa shape index (κ3) is 8.28. The van der Waals surface area contributed by atoms with Crippen molar-refractivity contribution < 1.29 is 0 Å². The van der Waals surface area contributed by atoms with Gasteiger partial charge in [0.1, 0.15) is 0 Å². The number of hydrogen-bond donors (Lipinski definition) is 1. The highest BCUT2D eigenvalue weighted by atomic mass is 32.2. The van der Waals surface area contributed by atoms with Crippen LogP contribution in [0.5, 0.6) is 0 Å². The second-order valence-electron chi connectivity index (χ2n) is 2.82. The summed E-state index contributed by atoms with van der Waals surface area (Å²) in [5.74, 6) is 2.23. The zero-order valence-corrected chi connectivity index (χ0v) is 9.79. The summed E-state index contributed by atoms with van der Waals surface area (Å²) >= 11 is 6.19. The monoisotopic (exact) mass is 202 g/mol. The van der Waals surface area contributed by atoms with Crippen LogP contribution in [0, 0.1) is 0 Å². The highest BCUT2D eigenvalue weighted by Gasteiger charge is 1.88. The van der Waals surface area contributed by atoms with Gasteiger partial charge in [-0.1, -0.05) is 30.7 Å². The Bertz CT molecular complexity index is 157. The lowest BCUT2D eigenvalue weighted by molar-refractivity contribution is 1.25. The molecule has 0 fully saturated rings. The van der Waals surface area contributed by atoms with Gasteiger partial charge in [-0.05, 0) is 13.8 Å². The second-order valence-corrected chi connectivity index (χ2v) is 4.66. The van der Waals surface area contributed by atoms with E-state index in [1.54, 1.807) is 0 Å². The maximum Gasteiger partial charge on any atom is 0.0168 e. The molecule has 0 aliphatic carbocycles. The molecule has 0 aromatic rings.